The van der Waals surface area contributed by atoms with E-state index >= 15 is 0 Å². The van der Waals surface area contributed by atoms with Crippen molar-refractivity contribution < 1.29 is 19.8 Å². The molecule has 0 aromatic rings. The van der Waals surface area contributed by atoms with Crippen molar-refractivity contribution in [1.29, 1.82) is 0 Å². The van der Waals surface area contributed by atoms with E-state index in [0.717, 1.165) is 51.9 Å². The first kappa shape index (κ1) is 59.4. The summed E-state index contributed by atoms with van der Waals surface area (Å²) in [6.45, 7) is 18.0. The average Bonchev–Trinajstić information content (AvgIpc) is 3.16. The standard InChI is InChI=1S/2C24H49NO2.Ca/c2*1-4-7-9-11-13-15-17-21-25(23(6-3)19-20-24(26)27)22-18-16-14-12-10-8-5-2;/h2*23H,4-22H2,1-3H3,(H,26,27);/q;;+2/p-2. The summed E-state index contributed by atoms with van der Waals surface area (Å²) < 4.78 is 0. The van der Waals surface area contributed by atoms with Crippen LogP contribution in [0.4, 0.5) is 0 Å². The molecular formula is C48H96CaN2O4. The summed E-state index contributed by atoms with van der Waals surface area (Å²) in [4.78, 5) is 26.9. The van der Waals surface area contributed by atoms with Crippen molar-refractivity contribution in [2.75, 3.05) is 26.2 Å². The van der Waals surface area contributed by atoms with Gasteiger partial charge in [-0.25, -0.2) is 0 Å². The first-order chi connectivity index (χ1) is 26.3. The van der Waals surface area contributed by atoms with Gasteiger partial charge in [-0.15, -0.1) is 0 Å². The number of rotatable bonds is 42. The van der Waals surface area contributed by atoms with Gasteiger partial charge >= 0.3 is 37.7 Å². The zero-order valence-corrected chi connectivity index (χ0v) is 40.5. The molecular weight excluding hydrogens is 709 g/mol. The van der Waals surface area contributed by atoms with Gasteiger partial charge in [-0.3, -0.25) is 0 Å². The van der Waals surface area contributed by atoms with Crippen LogP contribution in [0.25, 0.3) is 0 Å². The Kier molecular flexibility index (Phi) is 52.4. The van der Waals surface area contributed by atoms with Crippen molar-refractivity contribution in [1.82, 2.24) is 9.80 Å². The normalized spacial score (nSPS) is 12.4. The van der Waals surface area contributed by atoms with Crippen LogP contribution < -0.4 is 10.2 Å². The fraction of sp³-hybridized carbons (Fsp3) is 0.958. The Morgan fingerprint density at radius 1 is 0.364 bits per heavy atom. The molecule has 2 unspecified atom stereocenters. The number of aliphatic carboxylic acids is 2. The Morgan fingerprint density at radius 2 is 0.564 bits per heavy atom. The van der Waals surface area contributed by atoms with Crippen LogP contribution in [0.2, 0.25) is 0 Å². The maximum absolute atomic E-state index is 10.9. The third-order valence-electron chi connectivity index (χ3n) is 11.5. The molecule has 0 radical (unpaired) electrons. The molecule has 0 rings (SSSR count). The second-order valence-corrected chi connectivity index (χ2v) is 16.5. The summed E-state index contributed by atoms with van der Waals surface area (Å²) in [6, 6.07) is 0.811. The van der Waals surface area contributed by atoms with Crippen molar-refractivity contribution in [3.8, 4) is 0 Å². The number of carboxylic acids is 2. The maximum Gasteiger partial charge on any atom is 2.00 e. The van der Waals surface area contributed by atoms with E-state index in [4.69, 9.17) is 0 Å². The molecule has 0 aromatic heterocycles. The van der Waals surface area contributed by atoms with E-state index in [-0.39, 0.29) is 50.6 Å². The van der Waals surface area contributed by atoms with E-state index in [1.165, 1.54) is 180 Å². The Labute approximate surface area is 374 Å². The molecule has 0 saturated carbocycles. The Balaban J connectivity index is -0.000000966. The fourth-order valence-electron chi connectivity index (χ4n) is 7.90. The van der Waals surface area contributed by atoms with Crippen LogP contribution in [0.3, 0.4) is 0 Å². The van der Waals surface area contributed by atoms with E-state index in [2.05, 4.69) is 51.3 Å². The van der Waals surface area contributed by atoms with Crippen molar-refractivity contribution in [3.63, 3.8) is 0 Å². The molecule has 7 heteroatoms. The van der Waals surface area contributed by atoms with Gasteiger partial charge in [-0.1, -0.05) is 196 Å². The number of hydrogen-bond acceptors (Lipinski definition) is 6. The molecule has 0 heterocycles. The summed E-state index contributed by atoms with van der Waals surface area (Å²) in [5, 5.41) is 21.8. The van der Waals surface area contributed by atoms with Crippen LogP contribution in [0.5, 0.6) is 0 Å². The molecule has 0 aliphatic carbocycles. The van der Waals surface area contributed by atoms with Gasteiger partial charge in [0.2, 0.25) is 0 Å². The monoisotopic (exact) mass is 805 g/mol. The van der Waals surface area contributed by atoms with Gasteiger partial charge < -0.3 is 29.6 Å². The summed E-state index contributed by atoms with van der Waals surface area (Å²) in [6.07, 6.45) is 41.3. The number of unbranched alkanes of at least 4 members (excludes halogenated alkanes) is 24. The number of carboxylic acid groups (broad SMARTS) is 2. The van der Waals surface area contributed by atoms with E-state index in [1.54, 1.807) is 0 Å². The minimum absolute atomic E-state index is 0. The first-order valence-corrected chi connectivity index (χ1v) is 24.2. The van der Waals surface area contributed by atoms with Gasteiger partial charge in [0.15, 0.2) is 0 Å². The molecule has 55 heavy (non-hydrogen) atoms. The van der Waals surface area contributed by atoms with Crippen molar-refractivity contribution in [2.45, 2.75) is 272 Å². The van der Waals surface area contributed by atoms with Crippen LogP contribution in [-0.4, -0.2) is 97.7 Å². The summed E-state index contributed by atoms with van der Waals surface area (Å²) in [7, 11) is 0. The largest absolute Gasteiger partial charge is 2.00 e. The van der Waals surface area contributed by atoms with Gasteiger partial charge in [0, 0.05) is 24.0 Å². The van der Waals surface area contributed by atoms with Crippen LogP contribution in [0.15, 0.2) is 0 Å². The zero-order valence-electron chi connectivity index (χ0n) is 38.3. The first-order valence-electron chi connectivity index (χ1n) is 24.2. The molecule has 0 fully saturated rings. The summed E-state index contributed by atoms with van der Waals surface area (Å²) in [5.41, 5.74) is 0. The van der Waals surface area contributed by atoms with E-state index in [9.17, 15) is 19.8 Å². The molecule has 0 aliphatic rings. The van der Waals surface area contributed by atoms with Gasteiger partial charge in [-0.2, -0.15) is 0 Å². The van der Waals surface area contributed by atoms with E-state index in [1.807, 2.05) is 0 Å². The Hall–Kier alpha value is 0.120. The SMILES string of the molecule is CCCCCCCCCN(CCCCCCCCC)C(CC)CCC(=O)[O-].CCCCCCCCCN(CCCCCCCCC)C(CC)CCC(=O)[O-].[Ca+2]. The van der Waals surface area contributed by atoms with Gasteiger partial charge in [0.25, 0.3) is 0 Å². The van der Waals surface area contributed by atoms with Gasteiger partial charge in [-0.05, 0) is 90.4 Å². The molecule has 0 aromatic carbocycles. The number of carbonyl (C=O) groups is 2. The topological polar surface area (TPSA) is 86.7 Å². The molecule has 6 nitrogen and oxygen atoms in total. The third-order valence-corrected chi connectivity index (χ3v) is 11.5. The van der Waals surface area contributed by atoms with Crippen LogP contribution in [0, 0.1) is 0 Å². The molecule has 0 amide bonds. The molecule has 0 spiro atoms. The zero-order chi connectivity index (χ0) is 40.3. The molecule has 0 N–H and O–H groups in total. The number of carbonyl (C=O) groups excluding carboxylic acids is 2. The fourth-order valence-corrected chi connectivity index (χ4v) is 7.90. The number of hydrogen-bond donors (Lipinski definition) is 0. The predicted octanol–water partition coefficient (Wildman–Crippen LogP) is 11.8. The molecule has 0 bridgehead atoms. The average molecular weight is 805 g/mol. The quantitative estimate of drug-likeness (QED) is 0.0451. The minimum atomic E-state index is -0.903. The molecule has 324 valence electrons. The van der Waals surface area contributed by atoms with Crippen LogP contribution >= 0.6 is 0 Å². The van der Waals surface area contributed by atoms with Gasteiger partial charge in [0.1, 0.15) is 0 Å². The summed E-state index contributed by atoms with van der Waals surface area (Å²) >= 11 is 0. The van der Waals surface area contributed by atoms with Crippen molar-refractivity contribution >= 4 is 49.7 Å². The van der Waals surface area contributed by atoms with Crippen molar-refractivity contribution in [3.05, 3.63) is 0 Å². The second kappa shape index (κ2) is 48.5. The third kappa shape index (κ3) is 43.5. The van der Waals surface area contributed by atoms with E-state index in [0.29, 0.717) is 12.1 Å². The Morgan fingerprint density at radius 3 is 0.745 bits per heavy atom. The van der Waals surface area contributed by atoms with Gasteiger partial charge in [0.05, 0.1) is 0 Å². The Bertz CT molecular complexity index is 672. The number of nitrogens with zero attached hydrogens (tertiary/aromatic N) is 2. The van der Waals surface area contributed by atoms with Crippen molar-refractivity contribution in [2.24, 2.45) is 0 Å². The second-order valence-electron chi connectivity index (χ2n) is 16.5. The minimum Gasteiger partial charge on any atom is -0.550 e. The molecule has 0 aliphatic heterocycles. The van der Waals surface area contributed by atoms with Crippen LogP contribution in [0.1, 0.15) is 260 Å². The summed E-state index contributed by atoms with van der Waals surface area (Å²) in [5.74, 6) is -1.81. The smallest absolute Gasteiger partial charge is 0.550 e. The maximum atomic E-state index is 10.9. The molecule has 0 saturated heterocycles. The predicted molar refractivity (Wildman–Crippen MR) is 238 cm³/mol. The van der Waals surface area contributed by atoms with E-state index < -0.39 is 11.9 Å². The molecule has 2 atom stereocenters. The van der Waals surface area contributed by atoms with Crippen LogP contribution in [-0.2, 0) is 9.59 Å².